The first-order valence-electron chi connectivity index (χ1n) is 7.27. The maximum absolute atomic E-state index is 12.5. The standard InChI is InChI=1S/C15H19N3O3/c19-13(17-11-12-2-1-5-16-10-12)15(3-4-15)14(20)18-6-8-21-9-7-18/h1-2,5,10H,3-4,6-9,11H2,(H,17,19). The molecule has 2 amide bonds. The third-order valence-electron chi connectivity index (χ3n) is 4.07. The van der Waals surface area contributed by atoms with Gasteiger partial charge in [-0.15, -0.1) is 0 Å². The molecule has 0 atom stereocenters. The van der Waals surface area contributed by atoms with Gasteiger partial charge in [0.1, 0.15) is 5.41 Å². The summed E-state index contributed by atoms with van der Waals surface area (Å²) in [7, 11) is 0. The highest BCUT2D eigenvalue weighted by atomic mass is 16.5. The van der Waals surface area contributed by atoms with Gasteiger partial charge in [-0.3, -0.25) is 14.6 Å². The van der Waals surface area contributed by atoms with Crippen molar-refractivity contribution in [1.29, 1.82) is 0 Å². The number of rotatable bonds is 4. The molecule has 1 N–H and O–H groups in total. The fourth-order valence-electron chi connectivity index (χ4n) is 2.59. The largest absolute Gasteiger partial charge is 0.378 e. The number of hydrogen-bond acceptors (Lipinski definition) is 4. The van der Waals surface area contributed by atoms with Crippen LogP contribution >= 0.6 is 0 Å². The van der Waals surface area contributed by atoms with Crippen molar-refractivity contribution in [2.75, 3.05) is 26.3 Å². The van der Waals surface area contributed by atoms with Gasteiger partial charge < -0.3 is 15.0 Å². The van der Waals surface area contributed by atoms with Crippen LogP contribution in [-0.4, -0.2) is 48.0 Å². The van der Waals surface area contributed by atoms with Crippen LogP contribution < -0.4 is 5.32 Å². The Bertz CT molecular complexity index is 522. The van der Waals surface area contributed by atoms with Crippen LogP contribution in [0.4, 0.5) is 0 Å². The van der Waals surface area contributed by atoms with Gasteiger partial charge in [0, 0.05) is 32.0 Å². The van der Waals surface area contributed by atoms with E-state index in [9.17, 15) is 9.59 Å². The van der Waals surface area contributed by atoms with Crippen LogP contribution in [0, 0.1) is 5.41 Å². The number of ether oxygens (including phenoxy) is 1. The highest BCUT2D eigenvalue weighted by Crippen LogP contribution is 2.47. The fraction of sp³-hybridized carbons (Fsp3) is 0.533. The summed E-state index contributed by atoms with van der Waals surface area (Å²) in [6, 6.07) is 3.73. The minimum atomic E-state index is -0.834. The third kappa shape index (κ3) is 2.90. The number of carbonyl (C=O) groups excluding carboxylic acids is 2. The van der Waals surface area contributed by atoms with E-state index in [0.717, 1.165) is 5.56 Å². The summed E-state index contributed by atoms with van der Waals surface area (Å²) >= 11 is 0. The van der Waals surface area contributed by atoms with E-state index in [0.29, 0.717) is 45.7 Å². The first-order chi connectivity index (χ1) is 10.2. The second kappa shape index (κ2) is 5.81. The van der Waals surface area contributed by atoms with Gasteiger partial charge in [-0.05, 0) is 24.5 Å². The van der Waals surface area contributed by atoms with Crippen LogP contribution in [0.5, 0.6) is 0 Å². The molecular weight excluding hydrogens is 270 g/mol. The Labute approximate surface area is 123 Å². The molecule has 21 heavy (non-hydrogen) atoms. The van der Waals surface area contributed by atoms with E-state index in [4.69, 9.17) is 4.74 Å². The van der Waals surface area contributed by atoms with Crippen molar-refractivity contribution >= 4 is 11.8 Å². The van der Waals surface area contributed by atoms with Crippen LogP contribution in [0.1, 0.15) is 18.4 Å². The summed E-state index contributed by atoms with van der Waals surface area (Å²) < 4.78 is 5.25. The number of amides is 2. The van der Waals surface area contributed by atoms with E-state index in [1.165, 1.54) is 0 Å². The van der Waals surface area contributed by atoms with Crippen molar-refractivity contribution in [3.05, 3.63) is 30.1 Å². The molecule has 0 aromatic carbocycles. The lowest BCUT2D eigenvalue weighted by atomic mass is 10.0. The number of hydrogen-bond donors (Lipinski definition) is 1. The molecule has 0 bridgehead atoms. The van der Waals surface area contributed by atoms with E-state index < -0.39 is 5.41 Å². The molecule has 2 aliphatic rings. The van der Waals surface area contributed by atoms with Crippen LogP contribution in [0.3, 0.4) is 0 Å². The first-order valence-corrected chi connectivity index (χ1v) is 7.27. The van der Waals surface area contributed by atoms with E-state index in [1.54, 1.807) is 17.3 Å². The van der Waals surface area contributed by atoms with Gasteiger partial charge in [0.25, 0.3) is 0 Å². The molecule has 112 valence electrons. The van der Waals surface area contributed by atoms with E-state index >= 15 is 0 Å². The Hall–Kier alpha value is -1.95. The maximum Gasteiger partial charge on any atom is 0.238 e. The number of morpholine rings is 1. The second-order valence-corrected chi connectivity index (χ2v) is 5.53. The normalized spacial score (nSPS) is 19.9. The molecule has 1 aliphatic carbocycles. The monoisotopic (exact) mass is 289 g/mol. The molecule has 1 saturated heterocycles. The summed E-state index contributed by atoms with van der Waals surface area (Å²) in [4.78, 5) is 30.7. The Balaban J connectivity index is 1.59. The molecule has 1 aromatic heterocycles. The van der Waals surface area contributed by atoms with Crippen molar-refractivity contribution in [3.8, 4) is 0 Å². The zero-order valence-corrected chi connectivity index (χ0v) is 11.9. The number of carbonyl (C=O) groups is 2. The Morgan fingerprint density at radius 3 is 2.71 bits per heavy atom. The molecular formula is C15H19N3O3. The van der Waals surface area contributed by atoms with Crippen molar-refractivity contribution in [2.24, 2.45) is 5.41 Å². The minimum Gasteiger partial charge on any atom is -0.378 e. The maximum atomic E-state index is 12.5. The first kappa shape index (κ1) is 14.0. The van der Waals surface area contributed by atoms with Gasteiger partial charge in [-0.1, -0.05) is 6.07 Å². The van der Waals surface area contributed by atoms with Crippen molar-refractivity contribution in [3.63, 3.8) is 0 Å². The lowest BCUT2D eigenvalue weighted by Gasteiger charge is -2.30. The highest BCUT2D eigenvalue weighted by Gasteiger charge is 2.57. The smallest absolute Gasteiger partial charge is 0.238 e. The summed E-state index contributed by atoms with van der Waals surface area (Å²) in [5.74, 6) is -0.211. The zero-order chi connectivity index (χ0) is 14.7. The number of aromatic nitrogens is 1. The average molecular weight is 289 g/mol. The summed E-state index contributed by atoms with van der Waals surface area (Å²) in [5.41, 5.74) is 0.0972. The van der Waals surface area contributed by atoms with Crippen molar-refractivity contribution in [1.82, 2.24) is 15.2 Å². The zero-order valence-electron chi connectivity index (χ0n) is 11.9. The van der Waals surface area contributed by atoms with Crippen LogP contribution in [0.15, 0.2) is 24.5 Å². The Kier molecular flexibility index (Phi) is 3.88. The molecule has 6 heteroatoms. The van der Waals surface area contributed by atoms with Crippen LogP contribution in [-0.2, 0) is 20.9 Å². The van der Waals surface area contributed by atoms with E-state index in [-0.39, 0.29) is 11.8 Å². The van der Waals surface area contributed by atoms with Gasteiger partial charge in [-0.2, -0.15) is 0 Å². The molecule has 2 fully saturated rings. The van der Waals surface area contributed by atoms with E-state index in [2.05, 4.69) is 10.3 Å². The number of nitrogens with one attached hydrogen (secondary N) is 1. The topological polar surface area (TPSA) is 71.5 Å². The number of pyridine rings is 1. The van der Waals surface area contributed by atoms with Crippen LogP contribution in [0.25, 0.3) is 0 Å². The van der Waals surface area contributed by atoms with Gasteiger partial charge in [-0.25, -0.2) is 0 Å². The molecule has 3 rings (SSSR count). The van der Waals surface area contributed by atoms with E-state index in [1.807, 2.05) is 12.1 Å². The second-order valence-electron chi connectivity index (χ2n) is 5.53. The number of nitrogens with zero attached hydrogens (tertiary/aromatic N) is 2. The quantitative estimate of drug-likeness (QED) is 0.811. The predicted octanol–water partition coefficient (Wildman–Crippen LogP) is 0.337. The molecule has 2 heterocycles. The fourth-order valence-corrected chi connectivity index (χ4v) is 2.59. The van der Waals surface area contributed by atoms with Crippen molar-refractivity contribution in [2.45, 2.75) is 19.4 Å². The van der Waals surface area contributed by atoms with Gasteiger partial charge in [0.05, 0.1) is 13.2 Å². The summed E-state index contributed by atoms with van der Waals surface area (Å²) in [5, 5.41) is 2.86. The molecule has 0 radical (unpaired) electrons. The van der Waals surface area contributed by atoms with Crippen molar-refractivity contribution < 1.29 is 14.3 Å². The molecule has 1 aromatic rings. The Morgan fingerprint density at radius 2 is 2.10 bits per heavy atom. The molecule has 1 saturated carbocycles. The highest BCUT2D eigenvalue weighted by molar-refractivity contribution is 6.07. The van der Waals surface area contributed by atoms with Crippen LogP contribution in [0.2, 0.25) is 0 Å². The predicted molar refractivity (Wildman–Crippen MR) is 75.1 cm³/mol. The third-order valence-corrected chi connectivity index (χ3v) is 4.07. The van der Waals surface area contributed by atoms with Gasteiger partial charge in [0.2, 0.25) is 11.8 Å². The molecule has 1 aliphatic heterocycles. The van der Waals surface area contributed by atoms with Gasteiger partial charge in [0.15, 0.2) is 0 Å². The molecule has 6 nitrogen and oxygen atoms in total. The Morgan fingerprint density at radius 1 is 1.33 bits per heavy atom. The summed E-state index contributed by atoms with van der Waals surface area (Å²) in [6.07, 6.45) is 4.68. The lowest BCUT2D eigenvalue weighted by molar-refractivity contribution is -0.147. The average Bonchev–Trinajstić information content (AvgIpc) is 3.35. The molecule has 0 unspecified atom stereocenters. The lowest BCUT2D eigenvalue weighted by Crippen LogP contribution is -2.49. The van der Waals surface area contributed by atoms with Gasteiger partial charge >= 0.3 is 0 Å². The minimum absolute atomic E-state index is 0.0468. The summed E-state index contributed by atoms with van der Waals surface area (Å²) in [6.45, 7) is 2.68. The molecule has 0 spiro atoms. The SMILES string of the molecule is O=C(NCc1cccnc1)C1(C(=O)N2CCOCC2)CC1.